The fraction of sp³-hybridized carbons (Fsp3) is 0.222. The van der Waals surface area contributed by atoms with Crippen molar-refractivity contribution in [3.63, 3.8) is 0 Å². The summed E-state index contributed by atoms with van der Waals surface area (Å²) < 4.78 is 5.01. The Kier molecular flexibility index (Phi) is 3.80. The summed E-state index contributed by atoms with van der Waals surface area (Å²) >= 11 is 0. The first kappa shape index (κ1) is 16.1. The van der Waals surface area contributed by atoms with E-state index in [0.29, 0.717) is 41.9 Å². The Balaban J connectivity index is 1.61. The number of hydrogen-bond donors (Lipinski definition) is 2. The third-order valence-electron chi connectivity index (χ3n) is 4.51. The van der Waals surface area contributed by atoms with Gasteiger partial charge in [-0.05, 0) is 29.7 Å². The van der Waals surface area contributed by atoms with Crippen LogP contribution in [0.4, 0.5) is 5.69 Å². The van der Waals surface area contributed by atoms with E-state index in [9.17, 15) is 14.4 Å². The number of nitrogens with one attached hydrogen (secondary N) is 2. The number of nitrogens with zero attached hydrogens (tertiary/aromatic N) is 2. The molecule has 26 heavy (non-hydrogen) atoms. The van der Waals surface area contributed by atoms with Crippen molar-refractivity contribution in [2.24, 2.45) is 0 Å². The monoisotopic (exact) mass is 352 g/mol. The third kappa shape index (κ3) is 2.85. The molecule has 3 heterocycles. The van der Waals surface area contributed by atoms with Gasteiger partial charge in [-0.3, -0.25) is 19.6 Å². The van der Waals surface area contributed by atoms with Gasteiger partial charge in [-0.25, -0.2) is 4.79 Å². The number of anilines is 1. The lowest BCUT2D eigenvalue weighted by molar-refractivity contribution is -0.129. The van der Waals surface area contributed by atoms with E-state index in [1.165, 1.54) is 13.1 Å². The average Bonchev–Trinajstić information content (AvgIpc) is 2.99. The van der Waals surface area contributed by atoms with E-state index in [1.54, 1.807) is 29.3 Å². The van der Waals surface area contributed by atoms with Gasteiger partial charge in [0.05, 0.1) is 11.1 Å². The number of aromatic nitrogens is 2. The van der Waals surface area contributed by atoms with Gasteiger partial charge in [0.2, 0.25) is 5.91 Å². The second-order valence-corrected chi connectivity index (χ2v) is 6.19. The number of rotatable bonds is 2. The molecule has 132 valence electrons. The number of carbonyl (C=O) groups excluding carboxylic acids is 2. The molecule has 3 aromatic rings. The minimum absolute atomic E-state index is 0.00630. The van der Waals surface area contributed by atoms with Crippen LogP contribution in [-0.2, 0) is 17.8 Å². The second-order valence-electron chi connectivity index (χ2n) is 6.19. The van der Waals surface area contributed by atoms with Crippen molar-refractivity contribution in [1.82, 2.24) is 14.9 Å². The van der Waals surface area contributed by atoms with E-state index in [2.05, 4.69) is 15.3 Å². The highest BCUT2D eigenvalue weighted by atomic mass is 16.4. The lowest BCUT2D eigenvalue weighted by atomic mass is 9.96. The molecule has 0 saturated heterocycles. The summed E-state index contributed by atoms with van der Waals surface area (Å²) in [6.07, 6.45) is 3.83. The summed E-state index contributed by atoms with van der Waals surface area (Å²) in [6, 6.07) is 4.94. The van der Waals surface area contributed by atoms with Crippen molar-refractivity contribution in [2.45, 2.75) is 19.9 Å². The Morgan fingerprint density at radius 2 is 2.15 bits per heavy atom. The standard InChI is InChI=1S/C18H16N4O4/c1-10(23)22-5-4-13-11(9-22)7-19-8-14(13)17(24)20-12-2-3-15-16(6-12)26-18(25)21-15/h2-3,6-8H,4-5,9H2,1H3,(H,20,24)(H,21,25). The Morgan fingerprint density at radius 3 is 2.96 bits per heavy atom. The van der Waals surface area contributed by atoms with Crippen LogP contribution in [0, 0.1) is 0 Å². The van der Waals surface area contributed by atoms with E-state index in [4.69, 9.17) is 4.42 Å². The molecule has 8 nitrogen and oxygen atoms in total. The number of H-pyrrole nitrogens is 1. The Hall–Kier alpha value is -3.42. The maximum absolute atomic E-state index is 12.7. The van der Waals surface area contributed by atoms with Crippen molar-refractivity contribution >= 4 is 28.6 Å². The lowest BCUT2D eigenvalue weighted by Gasteiger charge is -2.28. The van der Waals surface area contributed by atoms with Gasteiger partial charge < -0.3 is 14.6 Å². The van der Waals surface area contributed by atoms with Gasteiger partial charge in [-0.1, -0.05) is 0 Å². The van der Waals surface area contributed by atoms with E-state index in [1.807, 2.05) is 0 Å². The third-order valence-corrected chi connectivity index (χ3v) is 4.51. The molecule has 0 unspecified atom stereocenters. The van der Waals surface area contributed by atoms with Crippen molar-refractivity contribution in [3.8, 4) is 0 Å². The SMILES string of the molecule is CC(=O)N1CCc2c(cncc2C(=O)Nc2ccc3[nH]c(=O)oc3c2)C1. The van der Waals surface area contributed by atoms with Gasteiger partial charge in [0, 0.05) is 44.2 Å². The quantitative estimate of drug-likeness (QED) is 0.729. The molecule has 0 saturated carbocycles. The van der Waals surface area contributed by atoms with E-state index >= 15 is 0 Å². The van der Waals surface area contributed by atoms with Gasteiger partial charge >= 0.3 is 5.76 Å². The van der Waals surface area contributed by atoms with Crippen LogP contribution in [0.25, 0.3) is 11.1 Å². The summed E-state index contributed by atoms with van der Waals surface area (Å²) in [5, 5.41) is 2.81. The van der Waals surface area contributed by atoms with E-state index in [-0.39, 0.29) is 11.8 Å². The highest BCUT2D eigenvalue weighted by molar-refractivity contribution is 6.06. The zero-order valence-corrected chi connectivity index (χ0v) is 14.0. The molecule has 0 radical (unpaired) electrons. The van der Waals surface area contributed by atoms with Crippen molar-refractivity contribution in [3.05, 3.63) is 57.8 Å². The summed E-state index contributed by atoms with van der Waals surface area (Å²) in [7, 11) is 0. The first-order chi connectivity index (χ1) is 12.5. The fourth-order valence-corrected chi connectivity index (χ4v) is 3.18. The number of oxazole rings is 1. The van der Waals surface area contributed by atoms with Gasteiger partial charge in [0.1, 0.15) is 0 Å². The average molecular weight is 352 g/mol. The number of carbonyl (C=O) groups is 2. The first-order valence-electron chi connectivity index (χ1n) is 8.17. The van der Waals surface area contributed by atoms with E-state index in [0.717, 1.165) is 11.1 Å². The summed E-state index contributed by atoms with van der Waals surface area (Å²) in [5.74, 6) is -0.825. The Bertz CT molecular complexity index is 1080. The normalized spacial score (nSPS) is 13.5. The zero-order valence-electron chi connectivity index (χ0n) is 14.0. The number of benzene rings is 1. The number of hydrogen-bond acceptors (Lipinski definition) is 5. The molecule has 2 aromatic heterocycles. The van der Waals surface area contributed by atoms with Gasteiger partial charge in [-0.2, -0.15) is 0 Å². The Morgan fingerprint density at radius 1 is 1.31 bits per heavy atom. The lowest BCUT2D eigenvalue weighted by Crippen LogP contribution is -2.35. The molecule has 0 atom stereocenters. The van der Waals surface area contributed by atoms with Crippen molar-refractivity contribution in [2.75, 3.05) is 11.9 Å². The minimum Gasteiger partial charge on any atom is -0.408 e. The smallest absolute Gasteiger partial charge is 0.408 e. The minimum atomic E-state index is -0.542. The zero-order chi connectivity index (χ0) is 18.3. The van der Waals surface area contributed by atoms with Crippen molar-refractivity contribution < 1.29 is 14.0 Å². The summed E-state index contributed by atoms with van der Waals surface area (Å²) in [5.41, 5.74) is 3.73. The molecule has 1 aromatic carbocycles. The predicted octanol–water partition coefficient (Wildman–Crippen LogP) is 1.67. The molecule has 1 aliphatic heterocycles. The molecule has 0 bridgehead atoms. The van der Waals surface area contributed by atoms with Crippen LogP contribution in [0.2, 0.25) is 0 Å². The van der Waals surface area contributed by atoms with Crippen LogP contribution >= 0.6 is 0 Å². The number of amides is 2. The van der Waals surface area contributed by atoms with Crippen LogP contribution < -0.4 is 11.1 Å². The summed E-state index contributed by atoms with van der Waals surface area (Å²) in [4.78, 5) is 43.9. The van der Waals surface area contributed by atoms with Gasteiger partial charge in [0.15, 0.2) is 5.58 Å². The fourth-order valence-electron chi connectivity index (χ4n) is 3.18. The highest BCUT2D eigenvalue weighted by Gasteiger charge is 2.23. The largest absolute Gasteiger partial charge is 0.417 e. The molecular formula is C18H16N4O4. The number of aromatic amines is 1. The molecule has 4 rings (SSSR count). The van der Waals surface area contributed by atoms with Gasteiger partial charge in [0.25, 0.3) is 5.91 Å². The Labute approximate surface area is 147 Å². The van der Waals surface area contributed by atoms with Gasteiger partial charge in [-0.15, -0.1) is 0 Å². The van der Waals surface area contributed by atoms with Crippen LogP contribution in [0.1, 0.15) is 28.4 Å². The number of fused-ring (bicyclic) bond motifs is 2. The van der Waals surface area contributed by atoms with Crippen molar-refractivity contribution in [1.29, 1.82) is 0 Å². The topological polar surface area (TPSA) is 108 Å². The van der Waals surface area contributed by atoms with E-state index < -0.39 is 5.76 Å². The van der Waals surface area contributed by atoms with Crippen LogP contribution in [0.5, 0.6) is 0 Å². The molecule has 0 fully saturated rings. The van der Waals surface area contributed by atoms with Crippen LogP contribution in [0.3, 0.4) is 0 Å². The molecule has 1 aliphatic rings. The second kappa shape index (κ2) is 6.14. The molecule has 2 amide bonds. The molecular weight excluding hydrogens is 336 g/mol. The predicted molar refractivity (Wildman–Crippen MR) is 93.8 cm³/mol. The molecule has 0 spiro atoms. The molecule has 8 heteroatoms. The first-order valence-corrected chi connectivity index (χ1v) is 8.17. The maximum Gasteiger partial charge on any atom is 0.417 e. The van der Waals surface area contributed by atoms with Crippen LogP contribution in [-0.4, -0.2) is 33.2 Å². The number of pyridine rings is 1. The molecule has 0 aliphatic carbocycles. The summed E-state index contributed by atoms with van der Waals surface area (Å²) in [6.45, 7) is 2.57. The maximum atomic E-state index is 12.7. The molecule has 2 N–H and O–H groups in total. The highest BCUT2D eigenvalue weighted by Crippen LogP contribution is 2.23. The van der Waals surface area contributed by atoms with Crippen LogP contribution in [0.15, 0.2) is 39.8 Å².